The van der Waals surface area contributed by atoms with E-state index >= 15 is 0 Å². The molecule has 5 aliphatic carbocycles. The zero-order valence-electron chi connectivity index (χ0n) is 16.6. The van der Waals surface area contributed by atoms with Crippen LogP contribution in [0.25, 0.3) is 0 Å². The summed E-state index contributed by atoms with van der Waals surface area (Å²) in [5.41, 5.74) is 0.875. The van der Waals surface area contributed by atoms with Gasteiger partial charge in [-0.2, -0.15) is 0 Å². The molecule has 0 saturated heterocycles. The molecule has 1 N–H and O–H groups in total. The molecule has 2 heteroatoms. The fourth-order valence-electron chi connectivity index (χ4n) is 9.75. The number of carbonyl (C=O) groups excluding carboxylic acids is 1. The highest BCUT2D eigenvalue weighted by Gasteiger charge is 2.84. The number of ketones is 1. The van der Waals surface area contributed by atoms with Gasteiger partial charge in [0, 0.05) is 5.92 Å². The van der Waals surface area contributed by atoms with E-state index in [9.17, 15) is 9.90 Å². The van der Waals surface area contributed by atoms with Crippen LogP contribution < -0.4 is 0 Å². The van der Waals surface area contributed by atoms with Gasteiger partial charge in [-0.1, -0.05) is 13.8 Å². The fraction of sp³-hybridized carbons (Fsp3) is 0.957. The van der Waals surface area contributed by atoms with Crippen molar-refractivity contribution >= 4 is 5.78 Å². The van der Waals surface area contributed by atoms with Crippen LogP contribution in [0.5, 0.6) is 0 Å². The van der Waals surface area contributed by atoms with Crippen LogP contribution >= 0.6 is 0 Å². The predicted octanol–water partition coefficient (Wildman–Crippen LogP) is 4.99. The Morgan fingerprint density at radius 2 is 1.64 bits per heavy atom. The maximum absolute atomic E-state index is 12.4. The first-order chi connectivity index (χ1) is 11.7. The van der Waals surface area contributed by atoms with E-state index in [2.05, 4.69) is 20.8 Å². The summed E-state index contributed by atoms with van der Waals surface area (Å²) in [6.45, 7) is 8.96. The summed E-state index contributed by atoms with van der Waals surface area (Å²) in [4.78, 5) is 12.4. The summed E-state index contributed by atoms with van der Waals surface area (Å²) in [6.07, 6.45) is 11.0. The van der Waals surface area contributed by atoms with Gasteiger partial charge in [-0.15, -0.1) is 0 Å². The van der Waals surface area contributed by atoms with Crippen molar-refractivity contribution in [1.82, 2.24) is 0 Å². The van der Waals surface area contributed by atoms with Crippen LogP contribution in [0.1, 0.15) is 85.5 Å². The molecule has 0 aliphatic heterocycles. The highest BCUT2D eigenvalue weighted by Crippen LogP contribution is 2.89. The number of rotatable bonds is 1. The molecule has 0 aromatic heterocycles. The van der Waals surface area contributed by atoms with E-state index < -0.39 is 5.60 Å². The largest absolute Gasteiger partial charge is 0.390 e. The van der Waals surface area contributed by atoms with Crippen LogP contribution in [0, 0.1) is 45.8 Å². The highest BCUT2D eigenvalue weighted by molar-refractivity contribution is 5.81. The lowest BCUT2D eigenvalue weighted by atomic mass is 9.45. The monoisotopic (exact) mass is 344 g/mol. The van der Waals surface area contributed by atoms with E-state index in [0.29, 0.717) is 33.9 Å². The van der Waals surface area contributed by atoms with Crippen LogP contribution in [-0.2, 0) is 4.79 Å². The molecule has 0 radical (unpaired) electrons. The van der Waals surface area contributed by atoms with Crippen molar-refractivity contribution < 1.29 is 9.90 Å². The Bertz CT molecular complexity index is 624. The molecule has 0 heterocycles. The molecule has 25 heavy (non-hydrogen) atoms. The summed E-state index contributed by atoms with van der Waals surface area (Å²) in [5.74, 6) is 4.00. The standard InChI is InChI=1S/C23H36O2/c1-14(24)17-7-9-23-15(2)22(17,23)10-8-18-19(23)6-5-16-13-20(3,25)11-12-21(16,18)4/h15-19,25H,5-13H2,1-4H3/t15-,16+,17-,18+,19-,20-,21+,22+,23+/m1/s1. The second kappa shape index (κ2) is 4.72. The summed E-state index contributed by atoms with van der Waals surface area (Å²) in [6, 6.07) is 0. The van der Waals surface area contributed by atoms with Gasteiger partial charge in [0.2, 0.25) is 0 Å². The lowest BCUT2D eigenvalue weighted by Crippen LogP contribution is -2.54. The molecular weight excluding hydrogens is 308 g/mol. The van der Waals surface area contributed by atoms with Crippen molar-refractivity contribution in [3.63, 3.8) is 0 Å². The SMILES string of the molecule is CC(=O)[C@H]1CC[C@@]23[C@H](C)[C@@]12CC[C@H]1[C@H]3CC[C@H]2C[C@](C)(O)CC[C@@]21C. The first kappa shape index (κ1) is 16.8. The van der Waals surface area contributed by atoms with E-state index in [4.69, 9.17) is 0 Å². The van der Waals surface area contributed by atoms with Gasteiger partial charge in [-0.3, -0.25) is 4.79 Å². The summed E-state index contributed by atoms with van der Waals surface area (Å²) < 4.78 is 0. The molecule has 5 rings (SSSR count). The molecule has 0 aromatic carbocycles. The molecule has 9 atom stereocenters. The van der Waals surface area contributed by atoms with Crippen molar-refractivity contribution in [2.45, 2.75) is 91.1 Å². The van der Waals surface area contributed by atoms with Gasteiger partial charge in [0.1, 0.15) is 5.78 Å². The Kier molecular flexibility index (Phi) is 3.17. The average Bonchev–Trinajstić information content (AvgIpc) is 2.90. The Hall–Kier alpha value is -0.370. The maximum atomic E-state index is 12.4. The lowest BCUT2D eigenvalue weighted by molar-refractivity contribution is -0.137. The Labute approximate surface area is 153 Å². The zero-order valence-corrected chi connectivity index (χ0v) is 16.6. The molecule has 5 aliphatic rings. The number of carbonyl (C=O) groups is 1. The van der Waals surface area contributed by atoms with Gasteiger partial charge in [-0.25, -0.2) is 0 Å². The number of hydrogen-bond acceptors (Lipinski definition) is 2. The molecule has 5 fully saturated rings. The Morgan fingerprint density at radius 3 is 2.36 bits per heavy atom. The number of Topliss-reactive ketones (excluding diaryl/α,β-unsaturated/α-hetero) is 1. The average molecular weight is 345 g/mol. The normalized spacial score (nSPS) is 62.4. The molecule has 0 amide bonds. The topological polar surface area (TPSA) is 37.3 Å². The fourth-order valence-corrected chi connectivity index (χ4v) is 9.75. The second-order valence-corrected chi connectivity index (χ2v) is 11.2. The summed E-state index contributed by atoms with van der Waals surface area (Å²) >= 11 is 0. The summed E-state index contributed by atoms with van der Waals surface area (Å²) in [7, 11) is 0. The van der Waals surface area contributed by atoms with E-state index in [1.54, 1.807) is 0 Å². The molecule has 5 saturated carbocycles. The second-order valence-electron chi connectivity index (χ2n) is 11.2. The summed E-state index contributed by atoms with van der Waals surface area (Å²) in [5, 5.41) is 10.6. The van der Waals surface area contributed by atoms with Gasteiger partial charge in [0.25, 0.3) is 0 Å². The van der Waals surface area contributed by atoms with Crippen LogP contribution in [0.2, 0.25) is 0 Å². The number of hydrogen-bond donors (Lipinski definition) is 1. The van der Waals surface area contributed by atoms with Crippen molar-refractivity contribution in [1.29, 1.82) is 0 Å². The minimum atomic E-state index is -0.437. The quantitative estimate of drug-likeness (QED) is 0.728. The Balaban J connectivity index is 1.49. The van der Waals surface area contributed by atoms with Crippen LogP contribution in [0.3, 0.4) is 0 Å². The van der Waals surface area contributed by atoms with Crippen molar-refractivity contribution in [3.8, 4) is 0 Å². The Morgan fingerprint density at radius 1 is 0.920 bits per heavy atom. The highest BCUT2D eigenvalue weighted by atomic mass is 16.3. The third-order valence-electron chi connectivity index (χ3n) is 10.8. The van der Waals surface area contributed by atoms with Gasteiger partial charge in [0.15, 0.2) is 0 Å². The van der Waals surface area contributed by atoms with E-state index in [-0.39, 0.29) is 0 Å². The molecule has 0 bridgehead atoms. The van der Waals surface area contributed by atoms with E-state index in [1.807, 2.05) is 6.92 Å². The number of aliphatic hydroxyl groups is 1. The van der Waals surface area contributed by atoms with Gasteiger partial charge in [-0.05, 0) is 112 Å². The third kappa shape index (κ3) is 1.74. The first-order valence-corrected chi connectivity index (χ1v) is 10.9. The smallest absolute Gasteiger partial charge is 0.133 e. The van der Waals surface area contributed by atoms with E-state index in [1.165, 1.54) is 38.5 Å². The molecule has 2 nitrogen and oxygen atoms in total. The lowest BCUT2D eigenvalue weighted by Gasteiger charge is -2.60. The molecule has 140 valence electrons. The molecule has 0 spiro atoms. The van der Waals surface area contributed by atoms with Gasteiger partial charge < -0.3 is 5.11 Å². The molecule has 0 unspecified atom stereocenters. The molecular formula is C23H36O2. The number of fused-ring (bicyclic) bond motifs is 3. The van der Waals surface area contributed by atoms with E-state index in [0.717, 1.165) is 37.0 Å². The van der Waals surface area contributed by atoms with Gasteiger partial charge in [0.05, 0.1) is 5.60 Å². The first-order valence-electron chi connectivity index (χ1n) is 10.9. The maximum Gasteiger partial charge on any atom is 0.133 e. The minimum absolute atomic E-state index is 0.362. The third-order valence-corrected chi connectivity index (χ3v) is 10.8. The van der Waals surface area contributed by atoms with Gasteiger partial charge >= 0.3 is 0 Å². The zero-order chi connectivity index (χ0) is 17.8. The van der Waals surface area contributed by atoms with Crippen molar-refractivity contribution in [3.05, 3.63) is 0 Å². The van der Waals surface area contributed by atoms with Crippen molar-refractivity contribution in [2.24, 2.45) is 45.8 Å². The predicted molar refractivity (Wildman–Crippen MR) is 99.0 cm³/mol. The molecule has 0 aromatic rings. The van der Waals surface area contributed by atoms with Crippen LogP contribution in [0.4, 0.5) is 0 Å². The van der Waals surface area contributed by atoms with Crippen LogP contribution in [0.15, 0.2) is 0 Å². The van der Waals surface area contributed by atoms with Crippen molar-refractivity contribution in [2.75, 3.05) is 0 Å². The van der Waals surface area contributed by atoms with Crippen LogP contribution in [-0.4, -0.2) is 16.5 Å². The minimum Gasteiger partial charge on any atom is -0.390 e.